The van der Waals surface area contributed by atoms with Crippen LogP contribution in [0, 0.1) is 10.1 Å². The number of allylic oxidation sites excluding steroid dienone is 2. The van der Waals surface area contributed by atoms with Gasteiger partial charge in [0.15, 0.2) is 0 Å². The Kier molecular flexibility index (Phi) is 5.31. The van der Waals surface area contributed by atoms with Crippen molar-refractivity contribution in [1.82, 2.24) is 0 Å². The highest BCUT2D eigenvalue weighted by atomic mass is 16.6. The topological polar surface area (TPSA) is 69.4 Å². The predicted molar refractivity (Wildman–Crippen MR) is 67.9 cm³/mol. The first-order chi connectivity index (χ1) is 8.65. The Morgan fingerprint density at radius 3 is 2.78 bits per heavy atom. The lowest BCUT2D eigenvalue weighted by molar-refractivity contribution is -0.385. The fourth-order valence-corrected chi connectivity index (χ4v) is 1.28. The molecule has 0 radical (unpaired) electrons. The molecular weight excluding hydrogens is 234 g/mol. The summed E-state index contributed by atoms with van der Waals surface area (Å²) in [6, 6.07) is 6.37. The number of carbonyl (C=O) groups is 1. The number of nitrogens with zero attached hydrogens (tertiary/aromatic N) is 1. The van der Waals surface area contributed by atoms with E-state index in [9.17, 15) is 14.9 Å². The van der Waals surface area contributed by atoms with Crippen molar-refractivity contribution in [3.63, 3.8) is 0 Å². The van der Waals surface area contributed by atoms with Crippen LogP contribution in [-0.4, -0.2) is 17.5 Å². The van der Waals surface area contributed by atoms with E-state index in [4.69, 9.17) is 0 Å². The van der Waals surface area contributed by atoms with Crippen LogP contribution in [0.2, 0.25) is 0 Å². The van der Waals surface area contributed by atoms with E-state index in [1.807, 2.05) is 0 Å². The molecule has 0 aliphatic rings. The van der Waals surface area contributed by atoms with Gasteiger partial charge in [-0.05, 0) is 19.1 Å². The Morgan fingerprint density at radius 2 is 2.11 bits per heavy atom. The van der Waals surface area contributed by atoms with Crippen LogP contribution in [0.5, 0.6) is 0 Å². The number of benzene rings is 1. The van der Waals surface area contributed by atoms with Crippen LogP contribution < -0.4 is 0 Å². The molecule has 0 bridgehead atoms. The highest BCUT2D eigenvalue weighted by molar-refractivity contribution is 5.82. The van der Waals surface area contributed by atoms with Crippen LogP contribution in [0.25, 0.3) is 6.08 Å². The van der Waals surface area contributed by atoms with Crippen molar-refractivity contribution in [2.24, 2.45) is 0 Å². The Hall–Kier alpha value is -2.43. The van der Waals surface area contributed by atoms with E-state index in [-0.39, 0.29) is 5.69 Å². The van der Waals surface area contributed by atoms with Crippen LogP contribution in [0.15, 0.2) is 42.5 Å². The first kappa shape index (κ1) is 13.6. The minimum atomic E-state index is -0.450. The molecule has 0 aliphatic heterocycles. The first-order valence-electron chi connectivity index (χ1n) is 5.40. The number of esters is 1. The maximum Gasteiger partial charge on any atom is 0.330 e. The maximum absolute atomic E-state index is 11.0. The molecule has 0 N–H and O–H groups in total. The van der Waals surface area contributed by atoms with Gasteiger partial charge in [-0.2, -0.15) is 0 Å². The van der Waals surface area contributed by atoms with Crippen molar-refractivity contribution in [3.8, 4) is 0 Å². The summed E-state index contributed by atoms with van der Waals surface area (Å²) in [5, 5.41) is 10.7. The molecule has 5 heteroatoms. The summed E-state index contributed by atoms with van der Waals surface area (Å²) in [5.74, 6) is -0.440. The van der Waals surface area contributed by atoms with E-state index in [1.54, 1.807) is 37.3 Å². The average Bonchev–Trinajstić information content (AvgIpc) is 2.35. The van der Waals surface area contributed by atoms with Crippen molar-refractivity contribution < 1.29 is 14.5 Å². The number of ether oxygens (including phenoxy) is 1. The lowest BCUT2D eigenvalue weighted by atomic mass is 10.1. The summed E-state index contributed by atoms with van der Waals surface area (Å²) in [6.07, 6.45) is 5.86. The molecular formula is C13H13NO4. The molecule has 5 nitrogen and oxygen atoms in total. The zero-order valence-corrected chi connectivity index (χ0v) is 9.91. The van der Waals surface area contributed by atoms with E-state index in [0.29, 0.717) is 12.2 Å². The van der Waals surface area contributed by atoms with Crippen molar-refractivity contribution >= 4 is 17.7 Å². The lowest BCUT2D eigenvalue weighted by Gasteiger charge is -1.95. The molecule has 18 heavy (non-hydrogen) atoms. The molecule has 0 aromatic heterocycles. The van der Waals surface area contributed by atoms with Gasteiger partial charge < -0.3 is 4.74 Å². The molecule has 0 unspecified atom stereocenters. The highest BCUT2D eigenvalue weighted by Crippen LogP contribution is 2.18. The van der Waals surface area contributed by atoms with Gasteiger partial charge in [-0.25, -0.2) is 4.79 Å². The van der Waals surface area contributed by atoms with Crippen LogP contribution in [0.1, 0.15) is 12.5 Å². The van der Waals surface area contributed by atoms with Crippen molar-refractivity contribution in [3.05, 3.63) is 58.2 Å². The number of rotatable bonds is 5. The smallest absolute Gasteiger partial charge is 0.330 e. The molecule has 0 saturated heterocycles. The Labute approximate surface area is 105 Å². The average molecular weight is 247 g/mol. The highest BCUT2D eigenvalue weighted by Gasteiger charge is 2.08. The number of hydrogen-bond acceptors (Lipinski definition) is 4. The zero-order valence-electron chi connectivity index (χ0n) is 9.91. The Balaban J connectivity index is 2.73. The summed E-state index contributed by atoms with van der Waals surface area (Å²) in [6.45, 7) is 2.03. The zero-order chi connectivity index (χ0) is 13.4. The van der Waals surface area contributed by atoms with Crippen molar-refractivity contribution in [2.75, 3.05) is 6.61 Å². The monoisotopic (exact) mass is 247 g/mol. The first-order valence-corrected chi connectivity index (χ1v) is 5.40. The van der Waals surface area contributed by atoms with Gasteiger partial charge in [0.1, 0.15) is 0 Å². The molecule has 94 valence electrons. The second-order valence-electron chi connectivity index (χ2n) is 3.29. The van der Waals surface area contributed by atoms with Gasteiger partial charge in [0, 0.05) is 12.1 Å². The molecule has 0 fully saturated rings. The van der Waals surface area contributed by atoms with E-state index in [1.165, 1.54) is 18.2 Å². The second-order valence-corrected chi connectivity index (χ2v) is 3.29. The summed E-state index contributed by atoms with van der Waals surface area (Å²) in [5.41, 5.74) is 0.509. The Bertz CT molecular complexity index is 492. The third-order valence-corrected chi connectivity index (χ3v) is 2.04. The predicted octanol–water partition coefficient (Wildman–Crippen LogP) is 2.73. The van der Waals surface area contributed by atoms with Crippen LogP contribution in [0.3, 0.4) is 0 Å². The van der Waals surface area contributed by atoms with Gasteiger partial charge in [-0.3, -0.25) is 10.1 Å². The summed E-state index contributed by atoms with van der Waals surface area (Å²) in [7, 11) is 0. The van der Waals surface area contributed by atoms with E-state index >= 15 is 0 Å². The SMILES string of the molecule is CCOC(=O)/C=C/C=C/c1ccccc1[N+](=O)[O-]. The van der Waals surface area contributed by atoms with E-state index < -0.39 is 10.9 Å². The minimum absolute atomic E-state index is 0.0262. The van der Waals surface area contributed by atoms with Gasteiger partial charge >= 0.3 is 5.97 Å². The van der Waals surface area contributed by atoms with Gasteiger partial charge in [-0.1, -0.05) is 24.3 Å². The second kappa shape index (κ2) is 7.01. The minimum Gasteiger partial charge on any atom is -0.463 e. The number of nitro benzene ring substituents is 1. The number of para-hydroxylation sites is 1. The molecule has 1 rings (SSSR count). The summed E-state index contributed by atoms with van der Waals surface area (Å²) in [4.78, 5) is 21.3. The maximum atomic E-state index is 11.0. The fourth-order valence-electron chi connectivity index (χ4n) is 1.28. The fraction of sp³-hybridized carbons (Fsp3) is 0.154. The van der Waals surface area contributed by atoms with E-state index in [0.717, 1.165) is 0 Å². The molecule has 0 amide bonds. The summed E-state index contributed by atoms with van der Waals surface area (Å²) >= 11 is 0. The lowest BCUT2D eigenvalue weighted by Crippen LogP contribution is -1.98. The third kappa shape index (κ3) is 4.21. The molecule has 0 saturated carbocycles. The number of nitro groups is 1. The molecule has 0 aliphatic carbocycles. The Morgan fingerprint density at radius 1 is 1.39 bits per heavy atom. The van der Waals surface area contributed by atoms with Gasteiger partial charge in [0.05, 0.1) is 17.1 Å². The number of hydrogen-bond donors (Lipinski definition) is 0. The van der Waals surface area contributed by atoms with Gasteiger partial charge in [0.2, 0.25) is 0 Å². The quantitative estimate of drug-likeness (QED) is 0.264. The molecule has 0 heterocycles. The van der Waals surface area contributed by atoms with Gasteiger partial charge in [0.25, 0.3) is 5.69 Å². The third-order valence-electron chi connectivity index (χ3n) is 2.04. The largest absolute Gasteiger partial charge is 0.463 e. The molecule has 1 aromatic rings. The molecule has 1 aromatic carbocycles. The molecule has 0 atom stereocenters. The standard InChI is InChI=1S/C13H13NO4/c1-2-18-13(15)10-6-4-8-11-7-3-5-9-12(11)14(16)17/h3-10H,2H2,1H3/b8-4+,10-6+. The van der Waals surface area contributed by atoms with Crippen molar-refractivity contribution in [1.29, 1.82) is 0 Å². The van der Waals surface area contributed by atoms with E-state index in [2.05, 4.69) is 4.74 Å². The van der Waals surface area contributed by atoms with Crippen LogP contribution in [-0.2, 0) is 9.53 Å². The van der Waals surface area contributed by atoms with Crippen molar-refractivity contribution in [2.45, 2.75) is 6.92 Å². The van der Waals surface area contributed by atoms with Gasteiger partial charge in [-0.15, -0.1) is 0 Å². The number of carbonyl (C=O) groups excluding carboxylic acids is 1. The summed E-state index contributed by atoms with van der Waals surface area (Å²) < 4.78 is 4.69. The molecule has 0 spiro atoms. The van der Waals surface area contributed by atoms with Crippen LogP contribution >= 0.6 is 0 Å². The normalized spacial score (nSPS) is 10.9. The van der Waals surface area contributed by atoms with Crippen LogP contribution in [0.4, 0.5) is 5.69 Å².